The van der Waals surface area contributed by atoms with E-state index < -0.39 is 11.7 Å². The predicted octanol–water partition coefficient (Wildman–Crippen LogP) is 3.14. The number of amides is 2. The molecule has 1 aromatic rings. The number of carbonyl (C=O) groups is 2. The highest BCUT2D eigenvalue weighted by atomic mass is 16.6. The van der Waals surface area contributed by atoms with Crippen molar-refractivity contribution in [3.8, 4) is 0 Å². The van der Waals surface area contributed by atoms with Gasteiger partial charge in [-0.15, -0.1) is 0 Å². The lowest BCUT2D eigenvalue weighted by molar-refractivity contribution is -0.121. The summed E-state index contributed by atoms with van der Waals surface area (Å²) in [4.78, 5) is 30.8. The van der Waals surface area contributed by atoms with Crippen LogP contribution in [0.15, 0.2) is 18.3 Å². The third-order valence-electron chi connectivity index (χ3n) is 3.85. The molecule has 0 spiro atoms. The molecule has 1 aromatic heterocycles. The van der Waals surface area contributed by atoms with Crippen LogP contribution in [0.2, 0.25) is 0 Å². The van der Waals surface area contributed by atoms with E-state index in [1.165, 1.54) is 4.90 Å². The molecule has 23 heavy (non-hydrogen) atoms. The van der Waals surface area contributed by atoms with Crippen molar-refractivity contribution < 1.29 is 14.3 Å². The van der Waals surface area contributed by atoms with Crippen LogP contribution >= 0.6 is 0 Å². The number of hydrogen-bond acceptors (Lipinski definition) is 4. The Bertz CT molecular complexity index is 551. The monoisotopic (exact) mass is 319 g/mol. The fourth-order valence-corrected chi connectivity index (χ4v) is 2.65. The summed E-state index contributed by atoms with van der Waals surface area (Å²) >= 11 is 0. The molecule has 126 valence electrons. The van der Waals surface area contributed by atoms with Gasteiger partial charge in [0, 0.05) is 19.8 Å². The predicted molar refractivity (Wildman–Crippen MR) is 88.2 cm³/mol. The zero-order valence-electron chi connectivity index (χ0n) is 14.3. The van der Waals surface area contributed by atoms with Crippen molar-refractivity contribution in [3.05, 3.63) is 23.9 Å². The van der Waals surface area contributed by atoms with Crippen LogP contribution in [0.4, 0.5) is 10.6 Å². The minimum Gasteiger partial charge on any atom is -0.443 e. The van der Waals surface area contributed by atoms with Crippen LogP contribution in [0.25, 0.3) is 0 Å². The second-order valence-electron chi connectivity index (χ2n) is 6.84. The van der Waals surface area contributed by atoms with Crippen LogP contribution in [0.5, 0.6) is 0 Å². The molecular weight excluding hydrogens is 294 g/mol. The van der Waals surface area contributed by atoms with Crippen molar-refractivity contribution in [2.75, 3.05) is 18.5 Å². The lowest BCUT2D eigenvalue weighted by Gasteiger charge is -2.33. The number of pyridine rings is 1. The fraction of sp³-hybridized carbons (Fsp3) is 0.588. The molecular formula is C17H25N3O3. The van der Waals surface area contributed by atoms with E-state index in [1.54, 1.807) is 19.3 Å². The van der Waals surface area contributed by atoms with Crippen LogP contribution in [-0.2, 0) is 9.53 Å². The van der Waals surface area contributed by atoms with Crippen LogP contribution in [-0.4, -0.2) is 41.6 Å². The summed E-state index contributed by atoms with van der Waals surface area (Å²) in [5.74, 6) is 0.525. The van der Waals surface area contributed by atoms with Crippen molar-refractivity contribution in [2.45, 2.75) is 51.7 Å². The zero-order valence-corrected chi connectivity index (χ0v) is 14.3. The van der Waals surface area contributed by atoms with E-state index in [4.69, 9.17) is 4.74 Å². The van der Waals surface area contributed by atoms with Crippen molar-refractivity contribution in [2.24, 2.45) is 0 Å². The van der Waals surface area contributed by atoms with Gasteiger partial charge in [0.25, 0.3) is 0 Å². The van der Waals surface area contributed by atoms with E-state index in [0.717, 1.165) is 37.8 Å². The standard InChI is InChI=1S/C17H25N3O3/c1-17(2,3)23-16(22)19(4)15-9-8-13(11-18-15)14-7-5-6-10-20(14)12-21/h8-9,11-12,14H,5-7,10H2,1-4H3/t14-/m1/s1. The topological polar surface area (TPSA) is 62.7 Å². The number of hydrogen-bond donors (Lipinski definition) is 0. The lowest BCUT2D eigenvalue weighted by Crippen LogP contribution is -2.35. The Hall–Kier alpha value is -2.11. The van der Waals surface area contributed by atoms with Gasteiger partial charge < -0.3 is 9.64 Å². The number of carbonyl (C=O) groups excluding carboxylic acids is 2. The smallest absolute Gasteiger partial charge is 0.415 e. The molecule has 1 saturated heterocycles. The number of anilines is 1. The number of aromatic nitrogens is 1. The van der Waals surface area contributed by atoms with Gasteiger partial charge >= 0.3 is 6.09 Å². The first-order valence-electron chi connectivity index (χ1n) is 7.95. The van der Waals surface area contributed by atoms with Crippen molar-refractivity contribution in [1.29, 1.82) is 0 Å². The van der Waals surface area contributed by atoms with Gasteiger partial charge in [-0.3, -0.25) is 9.69 Å². The van der Waals surface area contributed by atoms with Crippen LogP contribution < -0.4 is 4.90 Å². The summed E-state index contributed by atoms with van der Waals surface area (Å²) in [6.07, 6.45) is 5.30. The van der Waals surface area contributed by atoms with E-state index in [9.17, 15) is 9.59 Å². The molecule has 1 aliphatic heterocycles. The highest BCUT2D eigenvalue weighted by Crippen LogP contribution is 2.30. The largest absolute Gasteiger partial charge is 0.443 e. The Morgan fingerprint density at radius 1 is 1.39 bits per heavy atom. The number of nitrogens with zero attached hydrogens (tertiary/aromatic N) is 3. The van der Waals surface area contributed by atoms with Gasteiger partial charge in [0.05, 0.1) is 6.04 Å². The first-order chi connectivity index (χ1) is 10.8. The maximum absolute atomic E-state index is 12.1. The molecule has 0 aromatic carbocycles. The van der Waals surface area contributed by atoms with E-state index in [-0.39, 0.29) is 6.04 Å². The molecule has 1 aliphatic rings. The first-order valence-corrected chi connectivity index (χ1v) is 7.95. The molecule has 0 unspecified atom stereocenters. The molecule has 0 bridgehead atoms. The van der Waals surface area contributed by atoms with Crippen molar-refractivity contribution in [3.63, 3.8) is 0 Å². The maximum atomic E-state index is 12.1. The second-order valence-corrected chi connectivity index (χ2v) is 6.84. The second kappa shape index (κ2) is 6.98. The van der Waals surface area contributed by atoms with E-state index in [2.05, 4.69) is 4.98 Å². The molecule has 1 atom stereocenters. The van der Waals surface area contributed by atoms with Crippen LogP contribution in [0.3, 0.4) is 0 Å². The minimum absolute atomic E-state index is 0.0784. The Kier molecular flexibility index (Phi) is 5.23. The molecule has 6 heteroatoms. The number of likely N-dealkylation sites (tertiary alicyclic amines) is 1. The molecule has 0 saturated carbocycles. The Morgan fingerprint density at radius 3 is 2.70 bits per heavy atom. The number of piperidine rings is 1. The zero-order chi connectivity index (χ0) is 17.0. The van der Waals surface area contributed by atoms with Crippen molar-refractivity contribution >= 4 is 18.3 Å². The maximum Gasteiger partial charge on any atom is 0.415 e. The molecule has 2 heterocycles. The van der Waals surface area contributed by atoms with Gasteiger partial charge in [0.2, 0.25) is 6.41 Å². The minimum atomic E-state index is -0.544. The molecule has 2 rings (SSSR count). The van der Waals surface area contributed by atoms with Crippen LogP contribution in [0, 0.1) is 0 Å². The third-order valence-corrected chi connectivity index (χ3v) is 3.85. The highest BCUT2D eigenvalue weighted by molar-refractivity contribution is 5.85. The summed E-state index contributed by atoms with van der Waals surface area (Å²) in [6.45, 7) is 6.26. The molecule has 0 aliphatic carbocycles. The van der Waals surface area contributed by atoms with Gasteiger partial charge in [-0.05, 0) is 51.7 Å². The molecule has 0 radical (unpaired) electrons. The van der Waals surface area contributed by atoms with E-state index in [0.29, 0.717) is 5.82 Å². The third kappa shape index (κ3) is 4.43. The summed E-state index contributed by atoms with van der Waals surface area (Å²) in [5.41, 5.74) is 0.454. The molecule has 2 amide bonds. The SMILES string of the molecule is CN(C(=O)OC(C)(C)C)c1ccc([C@H]2CCCCN2C=O)cn1. The van der Waals surface area contributed by atoms with Crippen molar-refractivity contribution in [1.82, 2.24) is 9.88 Å². The summed E-state index contributed by atoms with van der Waals surface area (Å²) < 4.78 is 5.33. The van der Waals surface area contributed by atoms with Gasteiger partial charge in [-0.1, -0.05) is 6.07 Å². The fourth-order valence-electron chi connectivity index (χ4n) is 2.65. The first kappa shape index (κ1) is 17.2. The van der Waals surface area contributed by atoms with Gasteiger partial charge in [0.1, 0.15) is 11.4 Å². The van der Waals surface area contributed by atoms with Gasteiger partial charge in [-0.25, -0.2) is 9.78 Å². The molecule has 6 nitrogen and oxygen atoms in total. The average molecular weight is 319 g/mol. The van der Waals surface area contributed by atoms with Crippen LogP contribution in [0.1, 0.15) is 51.6 Å². The molecule has 1 fully saturated rings. The number of rotatable bonds is 3. The normalized spacial score (nSPS) is 18.4. The Morgan fingerprint density at radius 2 is 2.13 bits per heavy atom. The Labute approximate surface area is 137 Å². The summed E-state index contributed by atoms with van der Waals surface area (Å²) in [6, 6.07) is 3.79. The summed E-state index contributed by atoms with van der Waals surface area (Å²) in [7, 11) is 1.63. The quantitative estimate of drug-likeness (QED) is 0.803. The van der Waals surface area contributed by atoms with E-state index in [1.807, 2.05) is 31.7 Å². The molecule has 0 N–H and O–H groups in total. The average Bonchev–Trinajstić information content (AvgIpc) is 2.52. The van der Waals surface area contributed by atoms with Gasteiger partial charge in [0.15, 0.2) is 0 Å². The van der Waals surface area contributed by atoms with Gasteiger partial charge in [-0.2, -0.15) is 0 Å². The number of ether oxygens (including phenoxy) is 1. The van der Waals surface area contributed by atoms with E-state index >= 15 is 0 Å². The lowest BCUT2D eigenvalue weighted by atomic mass is 9.97. The Balaban J connectivity index is 2.09. The summed E-state index contributed by atoms with van der Waals surface area (Å²) in [5, 5.41) is 0. The highest BCUT2D eigenvalue weighted by Gasteiger charge is 2.24.